The van der Waals surface area contributed by atoms with Crippen molar-refractivity contribution in [3.63, 3.8) is 0 Å². The summed E-state index contributed by atoms with van der Waals surface area (Å²) in [4.78, 5) is 22.3. The van der Waals surface area contributed by atoms with Gasteiger partial charge in [0.1, 0.15) is 4.83 Å². The van der Waals surface area contributed by atoms with Crippen molar-refractivity contribution in [1.29, 1.82) is 0 Å². The molecule has 0 saturated carbocycles. The van der Waals surface area contributed by atoms with E-state index in [1.807, 2.05) is 37.3 Å². The molecule has 5 rings (SSSR count). The highest BCUT2D eigenvalue weighted by Crippen LogP contribution is 2.34. The standard InChI is InChI=1S/C23H22N4OS/c1-15-7-9-17(10-8-15)21-25-22-20(23(28)27(21)24)18-11-12-26(14-19(18)29-22)13-16-5-3-2-4-6-16/h2-10H,11-14,24H2,1H3. The van der Waals surface area contributed by atoms with Crippen LogP contribution >= 0.6 is 11.3 Å². The minimum Gasteiger partial charge on any atom is -0.334 e. The van der Waals surface area contributed by atoms with Crippen LogP contribution in [0.4, 0.5) is 0 Å². The fourth-order valence-electron chi connectivity index (χ4n) is 3.99. The van der Waals surface area contributed by atoms with Gasteiger partial charge >= 0.3 is 0 Å². The molecule has 0 fully saturated rings. The first-order valence-corrected chi connectivity index (χ1v) is 10.6. The zero-order chi connectivity index (χ0) is 20.0. The third kappa shape index (κ3) is 3.24. The summed E-state index contributed by atoms with van der Waals surface area (Å²) < 4.78 is 1.20. The third-order valence-corrected chi connectivity index (χ3v) is 6.66. The van der Waals surface area contributed by atoms with Gasteiger partial charge in [-0.15, -0.1) is 11.3 Å². The molecule has 0 aliphatic carbocycles. The number of nitrogens with zero attached hydrogens (tertiary/aromatic N) is 3. The molecule has 3 heterocycles. The van der Waals surface area contributed by atoms with Gasteiger partial charge in [-0.05, 0) is 24.5 Å². The molecule has 6 heteroatoms. The second-order valence-electron chi connectivity index (χ2n) is 7.61. The van der Waals surface area contributed by atoms with E-state index in [-0.39, 0.29) is 5.56 Å². The van der Waals surface area contributed by atoms with Gasteiger partial charge in [-0.2, -0.15) is 0 Å². The molecule has 2 aromatic carbocycles. The first-order valence-electron chi connectivity index (χ1n) is 9.76. The zero-order valence-electron chi connectivity index (χ0n) is 16.3. The minimum atomic E-state index is -0.153. The second-order valence-corrected chi connectivity index (χ2v) is 8.69. The van der Waals surface area contributed by atoms with Gasteiger partial charge in [-0.1, -0.05) is 60.2 Å². The molecule has 4 aromatic rings. The van der Waals surface area contributed by atoms with Crippen LogP contribution in [0.5, 0.6) is 0 Å². The average Bonchev–Trinajstić information content (AvgIpc) is 3.10. The molecule has 1 aliphatic rings. The number of thiophene rings is 1. The maximum absolute atomic E-state index is 13.1. The molecule has 2 N–H and O–H groups in total. The molecule has 0 amide bonds. The summed E-state index contributed by atoms with van der Waals surface area (Å²) >= 11 is 1.63. The first kappa shape index (κ1) is 18.1. The van der Waals surface area contributed by atoms with Crippen LogP contribution in [0.2, 0.25) is 0 Å². The van der Waals surface area contributed by atoms with E-state index in [1.54, 1.807) is 11.3 Å². The van der Waals surface area contributed by atoms with Gasteiger partial charge in [0.25, 0.3) is 5.56 Å². The number of hydrogen-bond acceptors (Lipinski definition) is 5. The van der Waals surface area contributed by atoms with Crippen LogP contribution in [-0.2, 0) is 19.5 Å². The topological polar surface area (TPSA) is 64.1 Å². The Bertz CT molecular complexity index is 1240. The van der Waals surface area contributed by atoms with Gasteiger partial charge in [-0.3, -0.25) is 9.69 Å². The van der Waals surface area contributed by atoms with Crippen molar-refractivity contribution in [3.8, 4) is 11.4 Å². The number of fused-ring (bicyclic) bond motifs is 3. The van der Waals surface area contributed by atoms with Crippen molar-refractivity contribution in [2.24, 2.45) is 0 Å². The van der Waals surface area contributed by atoms with E-state index in [9.17, 15) is 4.79 Å². The normalized spacial score (nSPS) is 14.2. The quantitative estimate of drug-likeness (QED) is 0.531. The Labute approximate surface area is 173 Å². The average molecular weight is 403 g/mol. The SMILES string of the molecule is Cc1ccc(-c2nc3sc4c(c3c(=O)n2N)CCN(Cc2ccccc2)C4)cc1. The molecule has 0 saturated heterocycles. The van der Waals surface area contributed by atoms with Crippen LogP contribution in [0.15, 0.2) is 59.4 Å². The number of nitrogens with two attached hydrogens (primary N) is 1. The summed E-state index contributed by atoms with van der Waals surface area (Å²) in [6, 6.07) is 18.4. The zero-order valence-corrected chi connectivity index (χ0v) is 17.1. The Morgan fingerprint density at radius 2 is 1.86 bits per heavy atom. The van der Waals surface area contributed by atoms with Gasteiger partial charge in [0.15, 0.2) is 5.82 Å². The number of aromatic nitrogens is 2. The number of hydrogen-bond donors (Lipinski definition) is 1. The molecule has 29 heavy (non-hydrogen) atoms. The Morgan fingerprint density at radius 3 is 2.62 bits per heavy atom. The van der Waals surface area contributed by atoms with E-state index in [2.05, 4.69) is 29.2 Å². The van der Waals surface area contributed by atoms with E-state index >= 15 is 0 Å². The Balaban J connectivity index is 1.53. The monoisotopic (exact) mass is 402 g/mol. The van der Waals surface area contributed by atoms with Crippen molar-refractivity contribution in [2.45, 2.75) is 26.4 Å². The van der Waals surface area contributed by atoms with Crippen molar-refractivity contribution >= 4 is 21.6 Å². The highest BCUT2D eigenvalue weighted by atomic mass is 32.1. The number of aryl methyl sites for hydroxylation is 1. The predicted octanol–water partition coefficient (Wildman–Crippen LogP) is 3.71. The molecular formula is C23H22N4OS. The molecule has 0 radical (unpaired) electrons. The molecule has 0 unspecified atom stereocenters. The smallest absolute Gasteiger partial charge is 0.281 e. The van der Waals surface area contributed by atoms with Crippen molar-refractivity contribution in [2.75, 3.05) is 12.4 Å². The Morgan fingerprint density at radius 1 is 1.10 bits per heavy atom. The lowest BCUT2D eigenvalue weighted by Gasteiger charge is -2.26. The van der Waals surface area contributed by atoms with Gasteiger partial charge in [0.05, 0.1) is 5.39 Å². The second kappa shape index (κ2) is 7.13. The number of nitrogen functional groups attached to an aromatic ring is 1. The highest BCUT2D eigenvalue weighted by Gasteiger charge is 2.25. The molecule has 5 nitrogen and oxygen atoms in total. The predicted molar refractivity (Wildman–Crippen MR) is 118 cm³/mol. The molecule has 0 bridgehead atoms. The van der Waals surface area contributed by atoms with Crippen LogP contribution in [0.3, 0.4) is 0 Å². The van der Waals surface area contributed by atoms with Crippen LogP contribution < -0.4 is 11.4 Å². The summed E-state index contributed by atoms with van der Waals surface area (Å²) in [6.45, 7) is 4.72. The maximum atomic E-state index is 13.1. The van der Waals surface area contributed by atoms with Crippen LogP contribution in [0, 0.1) is 6.92 Å². The number of rotatable bonds is 3. The summed E-state index contributed by atoms with van der Waals surface area (Å²) in [5, 5.41) is 0.697. The molecule has 0 spiro atoms. The largest absolute Gasteiger partial charge is 0.334 e. The molecule has 1 aliphatic heterocycles. The van der Waals surface area contributed by atoms with Crippen molar-refractivity contribution < 1.29 is 0 Å². The third-order valence-electron chi connectivity index (χ3n) is 5.54. The van der Waals surface area contributed by atoms with E-state index in [1.165, 1.54) is 15.1 Å². The lowest BCUT2D eigenvalue weighted by molar-refractivity contribution is 0.249. The van der Waals surface area contributed by atoms with E-state index in [0.29, 0.717) is 11.2 Å². The fraction of sp³-hybridized carbons (Fsp3) is 0.217. The Kier molecular flexibility index (Phi) is 4.45. The van der Waals surface area contributed by atoms with Gasteiger partial charge in [-0.25, -0.2) is 9.66 Å². The molecule has 2 aromatic heterocycles. The van der Waals surface area contributed by atoms with Crippen LogP contribution in [0.25, 0.3) is 21.6 Å². The highest BCUT2D eigenvalue weighted by molar-refractivity contribution is 7.18. The minimum absolute atomic E-state index is 0.153. The van der Waals surface area contributed by atoms with Crippen LogP contribution in [-0.4, -0.2) is 21.1 Å². The lowest BCUT2D eigenvalue weighted by atomic mass is 10.0. The maximum Gasteiger partial charge on any atom is 0.281 e. The van der Waals surface area contributed by atoms with E-state index in [4.69, 9.17) is 10.8 Å². The molecular weight excluding hydrogens is 380 g/mol. The summed E-state index contributed by atoms with van der Waals surface area (Å²) in [6.07, 6.45) is 0.850. The van der Waals surface area contributed by atoms with Crippen molar-refractivity contribution in [3.05, 3.63) is 86.5 Å². The molecule has 146 valence electrons. The number of benzene rings is 2. The molecule has 0 atom stereocenters. The first-order chi connectivity index (χ1) is 14.1. The Hall–Kier alpha value is -2.96. The van der Waals surface area contributed by atoms with E-state index in [0.717, 1.165) is 47.6 Å². The van der Waals surface area contributed by atoms with Gasteiger partial charge in [0.2, 0.25) is 0 Å². The summed E-state index contributed by atoms with van der Waals surface area (Å²) in [5.74, 6) is 6.69. The van der Waals surface area contributed by atoms with Crippen LogP contribution in [0.1, 0.15) is 21.6 Å². The van der Waals surface area contributed by atoms with Crippen molar-refractivity contribution in [1.82, 2.24) is 14.6 Å². The van der Waals surface area contributed by atoms with Gasteiger partial charge in [0, 0.05) is 30.1 Å². The summed E-state index contributed by atoms with van der Waals surface area (Å²) in [7, 11) is 0. The van der Waals surface area contributed by atoms with E-state index < -0.39 is 0 Å². The lowest BCUT2D eigenvalue weighted by Crippen LogP contribution is -2.32. The summed E-state index contributed by atoms with van der Waals surface area (Å²) in [5.41, 5.74) is 4.29. The van der Waals surface area contributed by atoms with Gasteiger partial charge < -0.3 is 5.84 Å². The fourth-order valence-corrected chi connectivity index (χ4v) is 5.24.